The van der Waals surface area contributed by atoms with Gasteiger partial charge in [0, 0.05) is 17.0 Å². The number of hydrogen-bond acceptors (Lipinski definition) is 3. The Balaban J connectivity index is 2.56. The van der Waals surface area contributed by atoms with Gasteiger partial charge < -0.3 is 4.98 Å². The summed E-state index contributed by atoms with van der Waals surface area (Å²) in [6.07, 6.45) is 3.25. The van der Waals surface area contributed by atoms with E-state index in [0.29, 0.717) is 16.4 Å². The first-order valence-electron chi connectivity index (χ1n) is 4.61. The highest BCUT2D eigenvalue weighted by atomic mass is 35.5. The maximum atomic E-state index is 8.80. The molecular weight excluding hydrogens is 224 g/mol. The second kappa shape index (κ2) is 3.19. The van der Waals surface area contributed by atoms with Gasteiger partial charge in [-0.3, -0.25) is 0 Å². The number of H-pyrrole nitrogens is 1. The second-order valence-corrected chi connectivity index (χ2v) is 3.78. The molecule has 76 valence electrons. The molecule has 3 heterocycles. The summed E-state index contributed by atoms with van der Waals surface area (Å²) in [5, 5.41) is 11.1. The van der Waals surface area contributed by atoms with Gasteiger partial charge in [-0.2, -0.15) is 5.26 Å². The van der Waals surface area contributed by atoms with E-state index in [1.807, 2.05) is 6.07 Å². The van der Waals surface area contributed by atoms with Crippen LogP contribution in [0.2, 0.25) is 5.02 Å². The third-order valence-electron chi connectivity index (χ3n) is 2.44. The molecule has 0 saturated heterocycles. The molecule has 16 heavy (non-hydrogen) atoms. The van der Waals surface area contributed by atoms with Crippen LogP contribution < -0.4 is 0 Å². The van der Waals surface area contributed by atoms with Crippen LogP contribution in [0.1, 0.15) is 5.69 Å². The van der Waals surface area contributed by atoms with Crippen molar-refractivity contribution in [3.8, 4) is 6.07 Å². The molecule has 3 aromatic rings. The van der Waals surface area contributed by atoms with Crippen molar-refractivity contribution in [2.24, 2.45) is 0 Å². The molecule has 0 spiro atoms. The van der Waals surface area contributed by atoms with Gasteiger partial charge in [-0.15, -0.1) is 0 Å². The molecule has 0 atom stereocenters. The topological polar surface area (TPSA) is 65.4 Å². The van der Waals surface area contributed by atoms with Crippen LogP contribution in [0.4, 0.5) is 0 Å². The standard InChI is InChI=1S/C11H5ClN4/c12-8-1-2-14-11-10(8)7-3-6(4-13)15-5-9(7)16-11/h1-3,5H,(H,14,16). The lowest BCUT2D eigenvalue weighted by Gasteiger charge is -1.93. The van der Waals surface area contributed by atoms with Crippen molar-refractivity contribution in [2.45, 2.75) is 0 Å². The van der Waals surface area contributed by atoms with Gasteiger partial charge >= 0.3 is 0 Å². The highest BCUT2D eigenvalue weighted by molar-refractivity contribution is 6.37. The zero-order chi connectivity index (χ0) is 11.1. The number of fused-ring (bicyclic) bond motifs is 3. The number of nitrogens with one attached hydrogen (secondary N) is 1. The van der Waals surface area contributed by atoms with Crippen LogP contribution in [0.5, 0.6) is 0 Å². The number of nitrogens with zero attached hydrogens (tertiary/aromatic N) is 3. The minimum Gasteiger partial charge on any atom is -0.338 e. The first kappa shape index (κ1) is 9.13. The van der Waals surface area contributed by atoms with Gasteiger partial charge in [-0.25, -0.2) is 9.97 Å². The van der Waals surface area contributed by atoms with Crippen molar-refractivity contribution < 1.29 is 0 Å². The number of halogens is 1. The summed E-state index contributed by atoms with van der Waals surface area (Å²) in [5.74, 6) is 0. The second-order valence-electron chi connectivity index (χ2n) is 3.37. The minimum atomic E-state index is 0.369. The van der Waals surface area contributed by atoms with Crippen LogP contribution in [0.15, 0.2) is 24.5 Å². The van der Waals surface area contributed by atoms with E-state index < -0.39 is 0 Å². The van der Waals surface area contributed by atoms with Gasteiger partial charge in [-0.1, -0.05) is 11.6 Å². The SMILES string of the molecule is N#Cc1cc2c(cn1)[nH]c1nccc(Cl)c12. The molecule has 3 aromatic heterocycles. The molecule has 0 amide bonds. The van der Waals surface area contributed by atoms with E-state index >= 15 is 0 Å². The molecule has 5 heteroatoms. The summed E-state index contributed by atoms with van der Waals surface area (Å²) >= 11 is 6.11. The van der Waals surface area contributed by atoms with E-state index in [-0.39, 0.29) is 0 Å². The highest BCUT2D eigenvalue weighted by Gasteiger charge is 2.09. The molecule has 0 aliphatic rings. The average molecular weight is 229 g/mol. The Bertz CT molecular complexity index is 739. The molecule has 0 aromatic carbocycles. The van der Waals surface area contributed by atoms with Crippen molar-refractivity contribution >= 4 is 33.5 Å². The van der Waals surface area contributed by atoms with Crippen molar-refractivity contribution in [3.05, 3.63) is 35.2 Å². The van der Waals surface area contributed by atoms with Gasteiger partial charge in [0.2, 0.25) is 0 Å². The van der Waals surface area contributed by atoms with E-state index in [0.717, 1.165) is 16.3 Å². The monoisotopic (exact) mass is 228 g/mol. The first-order valence-corrected chi connectivity index (χ1v) is 4.99. The molecular formula is C11H5ClN4. The fraction of sp³-hybridized carbons (Fsp3) is 0. The summed E-state index contributed by atoms with van der Waals surface area (Å²) < 4.78 is 0. The third-order valence-corrected chi connectivity index (χ3v) is 2.76. The van der Waals surface area contributed by atoms with E-state index in [1.54, 1.807) is 24.5 Å². The highest BCUT2D eigenvalue weighted by Crippen LogP contribution is 2.29. The first-order chi connectivity index (χ1) is 7.79. The zero-order valence-electron chi connectivity index (χ0n) is 8.03. The van der Waals surface area contributed by atoms with Crippen LogP contribution in [-0.2, 0) is 0 Å². The van der Waals surface area contributed by atoms with Crippen molar-refractivity contribution in [3.63, 3.8) is 0 Å². The number of rotatable bonds is 0. The van der Waals surface area contributed by atoms with E-state index in [2.05, 4.69) is 15.0 Å². The van der Waals surface area contributed by atoms with E-state index in [4.69, 9.17) is 16.9 Å². The summed E-state index contributed by atoms with van der Waals surface area (Å²) in [4.78, 5) is 11.3. The molecule has 0 saturated carbocycles. The smallest absolute Gasteiger partial charge is 0.141 e. The van der Waals surface area contributed by atoms with Crippen LogP contribution in [0, 0.1) is 11.3 Å². The van der Waals surface area contributed by atoms with Gasteiger partial charge in [0.1, 0.15) is 17.4 Å². The Hall–Kier alpha value is -2.12. The normalized spacial score (nSPS) is 10.8. The molecule has 0 unspecified atom stereocenters. The summed E-state index contributed by atoms with van der Waals surface area (Å²) in [7, 11) is 0. The molecule has 3 rings (SSSR count). The van der Waals surface area contributed by atoms with Gasteiger partial charge in [0.25, 0.3) is 0 Å². The lowest BCUT2D eigenvalue weighted by Crippen LogP contribution is -1.80. The molecule has 0 bridgehead atoms. The van der Waals surface area contributed by atoms with Crippen LogP contribution in [0.3, 0.4) is 0 Å². The molecule has 0 aliphatic carbocycles. The molecule has 0 aliphatic heterocycles. The van der Waals surface area contributed by atoms with E-state index in [1.165, 1.54) is 0 Å². The van der Waals surface area contributed by atoms with Crippen molar-refractivity contribution in [1.29, 1.82) is 5.26 Å². The zero-order valence-corrected chi connectivity index (χ0v) is 8.78. The Morgan fingerprint density at radius 1 is 1.38 bits per heavy atom. The Morgan fingerprint density at radius 3 is 3.06 bits per heavy atom. The van der Waals surface area contributed by atoms with Crippen LogP contribution >= 0.6 is 11.6 Å². The maximum Gasteiger partial charge on any atom is 0.141 e. The lowest BCUT2D eigenvalue weighted by molar-refractivity contribution is 1.27. The number of pyridine rings is 2. The van der Waals surface area contributed by atoms with Crippen LogP contribution in [0.25, 0.3) is 21.9 Å². The van der Waals surface area contributed by atoms with Crippen LogP contribution in [-0.4, -0.2) is 15.0 Å². The third kappa shape index (κ3) is 1.16. The molecule has 4 nitrogen and oxygen atoms in total. The number of aromatic nitrogens is 3. The predicted molar refractivity (Wildman–Crippen MR) is 61.1 cm³/mol. The Labute approximate surface area is 95.5 Å². The number of aromatic amines is 1. The van der Waals surface area contributed by atoms with Gasteiger partial charge in [0.15, 0.2) is 0 Å². The van der Waals surface area contributed by atoms with Gasteiger partial charge in [0.05, 0.1) is 16.7 Å². The number of hydrogen-bond donors (Lipinski definition) is 1. The summed E-state index contributed by atoms with van der Waals surface area (Å²) in [5.41, 5.74) is 1.90. The molecule has 1 N–H and O–H groups in total. The average Bonchev–Trinajstić information content (AvgIpc) is 2.67. The Morgan fingerprint density at radius 2 is 2.25 bits per heavy atom. The largest absolute Gasteiger partial charge is 0.338 e. The fourth-order valence-electron chi connectivity index (χ4n) is 1.74. The van der Waals surface area contributed by atoms with Gasteiger partial charge in [-0.05, 0) is 12.1 Å². The quantitative estimate of drug-likeness (QED) is 0.643. The molecule has 0 fully saturated rings. The number of nitriles is 1. The fourth-order valence-corrected chi connectivity index (χ4v) is 1.99. The maximum absolute atomic E-state index is 8.80. The van der Waals surface area contributed by atoms with Crippen molar-refractivity contribution in [1.82, 2.24) is 15.0 Å². The molecule has 0 radical (unpaired) electrons. The predicted octanol–water partition coefficient (Wildman–Crippen LogP) is 2.64. The lowest BCUT2D eigenvalue weighted by atomic mass is 10.2. The summed E-state index contributed by atoms with van der Waals surface area (Å²) in [6, 6.07) is 5.44. The summed E-state index contributed by atoms with van der Waals surface area (Å²) in [6.45, 7) is 0. The minimum absolute atomic E-state index is 0.369. The van der Waals surface area contributed by atoms with E-state index in [9.17, 15) is 0 Å². The van der Waals surface area contributed by atoms with Crippen molar-refractivity contribution in [2.75, 3.05) is 0 Å². The Kier molecular flexibility index (Phi) is 1.82.